The molecule has 2 aromatic rings. The molecule has 0 spiro atoms. The Morgan fingerprint density at radius 2 is 0.955 bits per heavy atom. The van der Waals surface area contributed by atoms with Crippen molar-refractivity contribution in [1.82, 2.24) is 0 Å². The Morgan fingerprint density at radius 1 is 0.682 bits per heavy atom. The zero-order chi connectivity index (χ0) is 15.1. The fraction of sp³-hybridized carbons (Fsp3) is 0. The van der Waals surface area contributed by atoms with E-state index in [9.17, 15) is 26.3 Å². The summed E-state index contributed by atoms with van der Waals surface area (Å²) in [6, 6.07) is 10.4. The summed E-state index contributed by atoms with van der Waals surface area (Å²) in [5.41, 5.74) is 0. The summed E-state index contributed by atoms with van der Waals surface area (Å²) >= 11 is -4.93. The van der Waals surface area contributed by atoms with Gasteiger partial charge >= 0.3 is 59.1 Å². The quantitative estimate of drug-likeness (QED) is 0.404. The normalized spacial score (nSPS) is 11.8. The first-order valence-electron chi connectivity index (χ1n) is 5.11. The summed E-state index contributed by atoms with van der Waals surface area (Å²) in [6.45, 7) is 0. The molecular weight excluding hydrogens is 356 g/mol. The molecule has 0 aliphatic carbocycles. The van der Waals surface area contributed by atoms with Crippen LogP contribution in [0.25, 0.3) is 0 Å². The average Bonchev–Trinajstić information content (AvgIpc) is 2.40. The first-order chi connectivity index (χ1) is 9.43. The van der Waals surface area contributed by atoms with Gasteiger partial charge in [0.15, 0.2) is 0 Å². The minimum Gasteiger partial charge on any atom is -0.768 e. The van der Waals surface area contributed by atoms with Crippen LogP contribution in [0.15, 0.2) is 58.3 Å². The second-order valence-electron chi connectivity index (χ2n) is 3.33. The average molecular weight is 364 g/mol. The predicted octanol–water partition coefficient (Wildman–Crippen LogP) is -3.86. The van der Waals surface area contributed by atoms with Crippen LogP contribution in [0.1, 0.15) is 0 Å². The maximum Gasteiger partial charge on any atom is 1.00 e. The largest absolute Gasteiger partial charge is 1.00 e. The van der Waals surface area contributed by atoms with Gasteiger partial charge in [0.25, 0.3) is 0 Å². The molecule has 0 heterocycles. The van der Waals surface area contributed by atoms with E-state index in [1.807, 2.05) is 0 Å². The molecule has 0 aromatic heterocycles. The van der Waals surface area contributed by atoms with Gasteiger partial charge in [-0.2, -0.15) is 0 Å². The topological polar surface area (TPSA) is 80.3 Å². The standard InChI is InChI=1S/2C6H5FO2S.2Na/c2*7-5-3-1-2-4-6(5)10(8)9;;/h2*1-4H,(H,8,9);;/q;;2*+1/p-2. The van der Waals surface area contributed by atoms with E-state index in [2.05, 4.69) is 0 Å². The van der Waals surface area contributed by atoms with Crippen LogP contribution in [0.2, 0.25) is 0 Å². The van der Waals surface area contributed by atoms with Crippen molar-refractivity contribution in [2.75, 3.05) is 0 Å². The van der Waals surface area contributed by atoms with Gasteiger partial charge in [0.05, 0.1) is 9.79 Å². The molecule has 2 rings (SSSR count). The molecule has 4 nitrogen and oxygen atoms in total. The summed E-state index contributed by atoms with van der Waals surface area (Å²) in [7, 11) is 0. The van der Waals surface area contributed by atoms with E-state index in [0.717, 1.165) is 12.1 Å². The molecule has 10 heteroatoms. The van der Waals surface area contributed by atoms with Gasteiger partial charge in [-0.1, -0.05) is 24.3 Å². The van der Waals surface area contributed by atoms with E-state index in [4.69, 9.17) is 0 Å². The molecule has 22 heavy (non-hydrogen) atoms. The minimum absolute atomic E-state index is 0. The number of benzene rings is 2. The van der Waals surface area contributed by atoms with Crippen LogP contribution in [0.3, 0.4) is 0 Å². The maximum absolute atomic E-state index is 12.4. The van der Waals surface area contributed by atoms with Gasteiger partial charge in [-0.15, -0.1) is 0 Å². The zero-order valence-corrected chi connectivity index (χ0v) is 17.5. The first kappa shape index (κ1) is 24.8. The van der Waals surface area contributed by atoms with Crippen LogP contribution < -0.4 is 59.1 Å². The van der Waals surface area contributed by atoms with Crippen LogP contribution in [0.5, 0.6) is 0 Å². The fourth-order valence-corrected chi connectivity index (χ4v) is 1.99. The van der Waals surface area contributed by atoms with Gasteiger partial charge < -0.3 is 9.11 Å². The molecule has 0 aliphatic heterocycles. The van der Waals surface area contributed by atoms with Crippen LogP contribution in [0, 0.1) is 11.6 Å². The molecule has 0 aliphatic rings. The summed E-state index contributed by atoms with van der Waals surface area (Å²) in [4.78, 5) is -0.579. The van der Waals surface area contributed by atoms with Gasteiger partial charge in [-0.25, -0.2) is 8.78 Å². The third-order valence-corrected chi connectivity index (χ3v) is 3.41. The molecule has 0 bridgehead atoms. The smallest absolute Gasteiger partial charge is 0.768 e. The van der Waals surface area contributed by atoms with E-state index in [1.54, 1.807) is 0 Å². The molecule has 0 saturated heterocycles. The van der Waals surface area contributed by atoms with E-state index in [0.29, 0.717) is 0 Å². The number of hydrogen-bond donors (Lipinski definition) is 0. The van der Waals surface area contributed by atoms with Crippen molar-refractivity contribution in [3.63, 3.8) is 0 Å². The second kappa shape index (κ2) is 12.9. The molecule has 0 amide bonds. The summed E-state index contributed by atoms with van der Waals surface area (Å²) in [5.74, 6) is -1.42. The van der Waals surface area contributed by atoms with Gasteiger partial charge in [0, 0.05) is 0 Å². The van der Waals surface area contributed by atoms with Crippen molar-refractivity contribution in [2.24, 2.45) is 0 Å². The van der Waals surface area contributed by atoms with Gasteiger partial charge in [-0.05, 0) is 46.4 Å². The third-order valence-electron chi connectivity index (χ3n) is 2.03. The van der Waals surface area contributed by atoms with E-state index in [-0.39, 0.29) is 68.9 Å². The van der Waals surface area contributed by atoms with Crippen molar-refractivity contribution in [1.29, 1.82) is 0 Å². The Kier molecular flexibility index (Phi) is 14.5. The van der Waals surface area contributed by atoms with Crippen molar-refractivity contribution in [3.05, 3.63) is 60.2 Å². The van der Waals surface area contributed by atoms with Crippen LogP contribution in [-0.2, 0) is 22.2 Å². The number of rotatable bonds is 2. The summed E-state index contributed by atoms with van der Waals surface area (Å²) in [5, 5.41) is 0. The van der Waals surface area contributed by atoms with Gasteiger partial charge in [-0.3, -0.25) is 8.42 Å². The third kappa shape index (κ3) is 8.39. The molecule has 2 atom stereocenters. The van der Waals surface area contributed by atoms with Crippen molar-refractivity contribution >= 4 is 22.2 Å². The Balaban J connectivity index is 0. The van der Waals surface area contributed by atoms with E-state index < -0.39 is 33.8 Å². The molecule has 0 N–H and O–H groups in total. The molecule has 0 fully saturated rings. The summed E-state index contributed by atoms with van der Waals surface area (Å²) in [6.07, 6.45) is 0. The predicted molar refractivity (Wildman–Crippen MR) is 67.2 cm³/mol. The van der Waals surface area contributed by atoms with Crippen LogP contribution in [-0.4, -0.2) is 17.5 Å². The molecular formula is C12H8F2Na2O4S2. The van der Waals surface area contributed by atoms with Crippen molar-refractivity contribution < 1.29 is 85.4 Å². The van der Waals surface area contributed by atoms with E-state index >= 15 is 0 Å². The molecule has 0 radical (unpaired) electrons. The molecule has 0 saturated carbocycles. The fourth-order valence-electron chi connectivity index (χ4n) is 1.16. The first-order valence-corrected chi connectivity index (χ1v) is 7.26. The van der Waals surface area contributed by atoms with Crippen molar-refractivity contribution in [3.8, 4) is 0 Å². The molecule has 2 unspecified atom stereocenters. The number of hydrogen-bond acceptors (Lipinski definition) is 4. The number of halogens is 2. The van der Waals surface area contributed by atoms with Crippen LogP contribution >= 0.6 is 0 Å². The SMILES string of the molecule is O=S([O-])c1ccccc1F.O=S([O-])c1ccccc1F.[Na+].[Na+]. The van der Waals surface area contributed by atoms with Gasteiger partial charge in [0.2, 0.25) is 0 Å². The summed E-state index contributed by atoms with van der Waals surface area (Å²) < 4.78 is 65.6. The second-order valence-corrected chi connectivity index (χ2v) is 5.15. The Morgan fingerprint density at radius 3 is 1.14 bits per heavy atom. The van der Waals surface area contributed by atoms with E-state index in [1.165, 1.54) is 36.4 Å². The Bertz CT molecular complexity index is 589. The molecule has 2 aromatic carbocycles. The zero-order valence-electron chi connectivity index (χ0n) is 11.8. The minimum atomic E-state index is -2.47. The maximum atomic E-state index is 12.4. The monoisotopic (exact) mass is 364 g/mol. The van der Waals surface area contributed by atoms with Crippen LogP contribution in [0.4, 0.5) is 8.78 Å². The van der Waals surface area contributed by atoms with Crippen molar-refractivity contribution in [2.45, 2.75) is 9.79 Å². The Hall–Kier alpha value is 0.520. The van der Waals surface area contributed by atoms with Gasteiger partial charge in [0.1, 0.15) is 11.6 Å². The molecule has 108 valence electrons. The Labute approximate surface area is 175 Å².